The van der Waals surface area contributed by atoms with Crippen LogP contribution in [0.25, 0.3) is 0 Å². The third-order valence-electron chi connectivity index (χ3n) is 6.80. The fourth-order valence-electron chi connectivity index (χ4n) is 4.54. The van der Waals surface area contributed by atoms with Gasteiger partial charge in [0.1, 0.15) is 34.8 Å². The smallest absolute Gasteiger partial charge is 0.459 e. The maximum Gasteiger partial charge on any atom is 0.459 e. The second kappa shape index (κ2) is 9.93. The number of aliphatic hydroxyl groups excluding tert-OH is 1. The molecule has 5 atom stereocenters. The number of halogens is 1. The van der Waals surface area contributed by atoms with Crippen LogP contribution in [0.1, 0.15) is 19.8 Å². The molecular weight excluding hydrogens is 557 g/mol. The molecule has 1 aromatic heterocycles. The number of nitrogens with zero attached hydrogens (tertiary/aromatic N) is 3. The number of hydrogen-bond acceptors (Lipinski definition) is 14. The van der Waals surface area contributed by atoms with E-state index in [1.807, 2.05) is 0 Å². The Bertz CT molecular complexity index is 1310. The van der Waals surface area contributed by atoms with Gasteiger partial charge in [-0.25, -0.2) is 4.57 Å². The van der Waals surface area contributed by atoms with Crippen LogP contribution in [-0.4, -0.2) is 76.1 Å². The van der Waals surface area contributed by atoms with Gasteiger partial charge in [-0.05, 0) is 44.0 Å². The molecule has 0 radical (unpaired) electrons. The molecule has 212 valence electrons. The lowest BCUT2D eigenvalue weighted by Gasteiger charge is -2.33. The number of anilines is 4. The highest BCUT2D eigenvalue weighted by Crippen LogP contribution is 2.53. The first-order valence-corrected chi connectivity index (χ1v) is 13.9. The molecule has 2 fully saturated rings. The molecule has 1 saturated carbocycles. The van der Waals surface area contributed by atoms with Gasteiger partial charge in [-0.2, -0.15) is 15.1 Å². The second-order valence-corrected chi connectivity index (χ2v) is 11.8. The number of methoxy groups -OCH3 is 1. The Morgan fingerprint density at radius 1 is 1.33 bits per heavy atom. The number of nitrogens with two attached hydrogens (primary N) is 2. The van der Waals surface area contributed by atoms with Crippen LogP contribution in [0.4, 0.5) is 23.3 Å². The SMILES string of the molecule is COC(=O)C1(NP(=O)(OCC2OC(N3CNc4c(N)nc(N)nc43)[C@](C)(O)[C@@H]2O)Oc2ccc(Cl)cc2)CC1. The van der Waals surface area contributed by atoms with Crippen LogP contribution in [0.2, 0.25) is 5.02 Å². The molecule has 1 aromatic carbocycles. The average Bonchev–Trinajstić information content (AvgIpc) is 3.47. The van der Waals surface area contributed by atoms with Crippen molar-refractivity contribution in [2.45, 2.75) is 49.3 Å². The van der Waals surface area contributed by atoms with Gasteiger partial charge in [0.05, 0.1) is 20.4 Å². The van der Waals surface area contributed by atoms with Crippen molar-refractivity contribution in [1.82, 2.24) is 15.1 Å². The molecule has 2 aliphatic heterocycles. The van der Waals surface area contributed by atoms with Gasteiger partial charge in [0.2, 0.25) is 5.95 Å². The highest BCUT2D eigenvalue weighted by atomic mass is 35.5. The third kappa shape index (κ3) is 5.18. The number of carbonyl (C=O) groups is 1. The normalized spacial score (nSPS) is 28.3. The quantitative estimate of drug-likeness (QED) is 0.177. The van der Waals surface area contributed by atoms with E-state index in [1.165, 1.54) is 43.2 Å². The number of benzene rings is 1. The van der Waals surface area contributed by atoms with Crippen molar-refractivity contribution in [2.24, 2.45) is 0 Å². The number of nitrogens with one attached hydrogen (secondary N) is 2. The number of aliphatic hydroxyl groups is 2. The van der Waals surface area contributed by atoms with E-state index in [0.29, 0.717) is 23.6 Å². The van der Waals surface area contributed by atoms with E-state index in [0.717, 1.165) is 0 Å². The van der Waals surface area contributed by atoms with E-state index in [1.54, 1.807) is 0 Å². The number of fused-ring (bicyclic) bond motifs is 1. The molecule has 0 bridgehead atoms. The summed E-state index contributed by atoms with van der Waals surface area (Å²) in [5, 5.41) is 28.3. The zero-order valence-electron chi connectivity index (χ0n) is 21.0. The molecule has 3 unspecified atom stereocenters. The number of rotatable bonds is 9. The molecule has 8 N–H and O–H groups in total. The summed E-state index contributed by atoms with van der Waals surface area (Å²) in [6.45, 7) is 1.03. The van der Waals surface area contributed by atoms with E-state index in [-0.39, 0.29) is 30.0 Å². The van der Waals surface area contributed by atoms with Crippen molar-refractivity contribution < 1.29 is 38.1 Å². The fraction of sp³-hybridized carbons (Fsp3) is 0.500. The molecule has 15 nitrogen and oxygen atoms in total. The highest BCUT2D eigenvalue weighted by molar-refractivity contribution is 7.52. The minimum Gasteiger partial charge on any atom is -0.468 e. The van der Waals surface area contributed by atoms with E-state index in [9.17, 15) is 19.6 Å². The maximum absolute atomic E-state index is 13.9. The first-order chi connectivity index (χ1) is 18.4. The molecule has 1 aliphatic carbocycles. The number of ether oxygens (including phenoxy) is 2. The van der Waals surface area contributed by atoms with E-state index in [4.69, 9.17) is 41.6 Å². The summed E-state index contributed by atoms with van der Waals surface area (Å²) in [7, 11) is -3.04. The fourth-order valence-corrected chi connectivity index (χ4v) is 6.42. The average molecular weight is 586 g/mol. The molecule has 0 amide bonds. The minimum absolute atomic E-state index is 0.0796. The van der Waals surface area contributed by atoms with Crippen molar-refractivity contribution in [1.29, 1.82) is 0 Å². The zero-order valence-corrected chi connectivity index (χ0v) is 22.7. The highest BCUT2D eigenvalue weighted by Gasteiger charge is 2.58. The van der Waals surface area contributed by atoms with Gasteiger partial charge in [-0.1, -0.05) is 11.6 Å². The van der Waals surface area contributed by atoms with Crippen LogP contribution in [0.5, 0.6) is 5.75 Å². The van der Waals surface area contributed by atoms with Gasteiger partial charge in [0, 0.05) is 5.02 Å². The Kier molecular flexibility index (Phi) is 7.04. The van der Waals surface area contributed by atoms with Crippen molar-refractivity contribution in [2.75, 3.05) is 42.1 Å². The topological polar surface area (TPSA) is 217 Å². The van der Waals surface area contributed by atoms with Gasteiger partial charge in [-0.15, -0.1) is 0 Å². The number of nitrogen functional groups attached to an aromatic ring is 2. The number of carbonyl (C=O) groups excluding carboxylic acids is 1. The molecule has 17 heteroatoms. The molecular formula is C22H29ClN7O8P. The van der Waals surface area contributed by atoms with E-state index in [2.05, 4.69) is 20.4 Å². The van der Waals surface area contributed by atoms with Crippen LogP contribution in [0.3, 0.4) is 0 Å². The molecule has 2 aromatic rings. The Labute approximate surface area is 228 Å². The second-order valence-electron chi connectivity index (χ2n) is 9.69. The van der Waals surface area contributed by atoms with Crippen LogP contribution in [0, 0.1) is 0 Å². The monoisotopic (exact) mass is 585 g/mol. The molecule has 3 heterocycles. The van der Waals surface area contributed by atoms with Gasteiger partial charge in [0.25, 0.3) is 0 Å². The summed E-state index contributed by atoms with van der Waals surface area (Å²) in [5.41, 5.74) is 9.00. The third-order valence-corrected chi connectivity index (χ3v) is 8.69. The van der Waals surface area contributed by atoms with Crippen LogP contribution in [0.15, 0.2) is 24.3 Å². The van der Waals surface area contributed by atoms with Gasteiger partial charge >= 0.3 is 13.7 Å². The summed E-state index contributed by atoms with van der Waals surface area (Å²) in [4.78, 5) is 22.0. The first-order valence-electron chi connectivity index (χ1n) is 11.9. The van der Waals surface area contributed by atoms with Gasteiger partial charge in [-0.3, -0.25) is 9.32 Å². The van der Waals surface area contributed by atoms with Gasteiger partial charge in [0.15, 0.2) is 17.9 Å². The Morgan fingerprint density at radius 3 is 2.67 bits per heavy atom. The largest absolute Gasteiger partial charge is 0.468 e. The number of aromatic nitrogens is 2. The summed E-state index contributed by atoms with van der Waals surface area (Å²) in [5.74, 6) is -0.144. The Balaban J connectivity index is 1.35. The molecule has 1 saturated heterocycles. The summed E-state index contributed by atoms with van der Waals surface area (Å²) < 4.78 is 36.1. The van der Waals surface area contributed by atoms with Crippen molar-refractivity contribution in [3.8, 4) is 5.75 Å². The number of esters is 1. The molecule has 3 aliphatic rings. The predicted molar refractivity (Wildman–Crippen MR) is 140 cm³/mol. The number of hydrogen-bond donors (Lipinski definition) is 6. The lowest BCUT2D eigenvalue weighted by Crippen LogP contribution is -2.53. The Morgan fingerprint density at radius 2 is 2.03 bits per heavy atom. The molecule has 5 rings (SSSR count). The van der Waals surface area contributed by atoms with Crippen LogP contribution >= 0.6 is 19.3 Å². The van der Waals surface area contributed by atoms with Crippen molar-refractivity contribution in [3.05, 3.63) is 29.3 Å². The van der Waals surface area contributed by atoms with Crippen LogP contribution < -0.4 is 31.3 Å². The lowest BCUT2D eigenvalue weighted by atomic mass is 9.96. The lowest BCUT2D eigenvalue weighted by molar-refractivity contribution is -0.144. The van der Waals surface area contributed by atoms with E-state index < -0.39 is 49.9 Å². The summed E-state index contributed by atoms with van der Waals surface area (Å²) in [6.07, 6.45) is -3.07. The standard InChI is InChI=1S/C22H29ClN7O8P/c1-21(33)15(31)13(37-18(21)30-10-26-14-16(24)27-20(25)28-17(14)30)9-36-39(34,29-22(7-8-22)19(32)35-2)38-12-5-3-11(23)4-6-12/h3-6,13,15,18,26,31,33H,7-10H2,1-2H3,(H,29,34)(H4,24,25,27,28)/t13?,15-,18?,21-,39?/m1/s1. The summed E-state index contributed by atoms with van der Waals surface area (Å²) in [6, 6.07) is 6.03. The van der Waals surface area contributed by atoms with E-state index >= 15 is 0 Å². The van der Waals surface area contributed by atoms with Crippen LogP contribution in [-0.2, 0) is 23.4 Å². The van der Waals surface area contributed by atoms with Crippen molar-refractivity contribution >= 4 is 48.6 Å². The maximum atomic E-state index is 13.9. The molecule has 0 spiro atoms. The predicted octanol–water partition coefficient (Wildman–Crippen LogP) is 0.820. The first kappa shape index (κ1) is 27.6. The van der Waals surface area contributed by atoms with Crippen molar-refractivity contribution in [3.63, 3.8) is 0 Å². The Hall–Kier alpha value is -2.91. The zero-order chi connectivity index (χ0) is 28.2. The summed E-state index contributed by atoms with van der Waals surface area (Å²) >= 11 is 5.94. The molecule has 39 heavy (non-hydrogen) atoms. The van der Waals surface area contributed by atoms with Gasteiger partial charge < -0.3 is 45.9 Å². The minimum atomic E-state index is -4.26.